The van der Waals surface area contributed by atoms with E-state index in [-0.39, 0.29) is 37.4 Å². The molecule has 0 saturated heterocycles. The number of hydrogen-bond donors (Lipinski definition) is 2. The number of hydrogen-bond acceptors (Lipinski definition) is 7. The van der Waals surface area contributed by atoms with E-state index in [9.17, 15) is 29.1 Å². The van der Waals surface area contributed by atoms with Crippen LogP contribution in [0.2, 0.25) is 0 Å². The van der Waals surface area contributed by atoms with Crippen LogP contribution in [0.15, 0.2) is 24.3 Å². The van der Waals surface area contributed by atoms with Gasteiger partial charge in [-0.1, -0.05) is 12.1 Å². The molecule has 0 aliphatic carbocycles. The van der Waals surface area contributed by atoms with Gasteiger partial charge in [0, 0.05) is 26.2 Å². The van der Waals surface area contributed by atoms with Crippen molar-refractivity contribution >= 4 is 30.0 Å². The van der Waals surface area contributed by atoms with Crippen LogP contribution in [0, 0.1) is 5.92 Å². The smallest absolute Gasteiger partial charge is 0.409 e. The summed E-state index contributed by atoms with van der Waals surface area (Å²) in [6.45, 7) is 5.93. The molecule has 33 heavy (non-hydrogen) atoms. The van der Waals surface area contributed by atoms with Crippen LogP contribution in [0.5, 0.6) is 0 Å². The second-order valence-corrected chi connectivity index (χ2v) is 8.38. The predicted octanol–water partition coefficient (Wildman–Crippen LogP) is 1.97. The second kappa shape index (κ2) is 10.8. The molecule has 11 nitrogen and oxygen atoms in total. The number of carbonyl (C=O) groups excluding carboxylic acids is 4. The number of nitrogens with one attached hydrogen (secondary N) is 1. The largest absolute Gasteiger partial charge is 0.481 e. The van der Waals surface area contributed by atoms with Crippen molar-refractivity contribution in [3.63, 3.8) is 0 Å². The zero-order valence-electron chi connectivity index (χ0n) is 19.1. The average molecular weight is 463 g/mol. The maximum Gasteiger partial charge on any atom is 0.409 e. The summed E-state index contributed by atoms with van der Waals surface area (Å²) < 4.78 is 10.1. The average Bonchev–Trinajstić information content (AvgIpc) is 2.96. The second-order valence-electron chi connectivity index (χ2n) is 8.38. The van der Waals surface area contributed by atoms with E-state index in [0.29, 0.717) is 0 Å². The molecule has 4 amide bonds. The number of aliphatic carboxylic acids is 1. The maximum atomic E-state index is 12.6. The summed E-state index contributed by atoms with van der Waals surface area (Å²) in [5, 5.41) is 12.2. The molecule has 1 aromatic carbocycles. The van der Waals surface area contributed by atoms with Crippen LogP contribution in [0.25, 0.3) is 0 Å². The minimum atomic E-state index is -1.29. The number of carboxylic acid groups (broad SMARTS) is 1. The normalized spacial score (nSPS) is 13.9. The Morgan fingerprint density at radius 3 is 2.18 bits per heavy atom. The van der Waals surface area contributed by atoms with Crippen molar-refractivity contribution in [1.29, 1.82) is 0 Å². The van der Waals surface area contributed by atoms with E-state index in [1.54, 1.807) is 39.8 Å². The van der Waals surface area contributed by atoms with Crippen LogP contribution >= 0.6 is 0 Å². The highest BCUT2D eigenvalue weighted by Gasteiger charge is 2.38. The number of benzene rings is 1. The van der Waals surface area contributed by atoms with E-state index >= 15 is 0 Å². The first-order valence-electron chi connectivity index (χ1n) is 10.5. The summed E-state index contributed by atoms with van der Waals surface area (Å²) >= 11 is 0. The van der Waals surface area contributed by atoms with Gasteiger partial charge in [-0.3, -0.25) is 19.3 Å². The Hall–Kier alpha value is -3.63. The number of imide groups is 1. The molecule has 1 atom stereocenters. The fraction of sp³-hybridized carbons (Fsp3) is 0.500. The van der Waals surface area contributed by atoms with E-state index in [1.807, 2.05) is 0 Å². The molecule has 2 N–H and O–H groups in total. The Bertz CT molecular complexity index is 889. The van der Waals surface area contributed by atoms with Gasteiger partial charge in [-0.15, -0.1) is 0 Å². The first kappa shape index (κ1) is 25.6. The van der Waals surface area contributed by atoms with Gasteiger partial charge < -0.3 is 24.8 Å². The SMILES string of the molecule is CCOC(=O)N(CCNC(=O)OC(C)(C)C)CC(CN1C(=O)c2ccccc2C1=O)C(=O)O. The third kappa shape index (κ3) is 6.93. The van der Waals surface area contributed by atoms with Crippen molar-refractivity contribution < 1.29 is 38.6 Å². The monoisotopic (exact) mass is 463 g/mol. The Morgan fingerprint density at radius 2 is 1.70 bits per heavy atom. The number of ether oxygens (including phenoxy) is 2. The highest BCUT2D eigenvalue weighted by Crippen LogP contribution is 2.23. The van der Waals surface area contributed by atoms with Gasteiger partial charge in [0.05, 0.1) is 23.7 Å². The summed E-state index contributed by atoms with van der Waals surface area (Å²) in [6.07, 6.45) is -1.47. The van der Waals surface area contributed by atoms with Crippen molar-refractivity contribution in [2.45, 2.75) is 33.3 Å². The lowest BCUT2D eigenvalue weighted by molar-refractivity contribution is -0.142. The van der Waals surface area contributed by atoms with Gasteiger partial charge in [-0.05, 0) is 39.8 Å². The first-order valence-corrected chi connectivity index (χ1v) is 10.5. The molecule has 0 saturated carbocycles. The van der Waals surface area contributed by atoms with E-state index in [2.05, 4.69) is 5.32 Å². The third-order valence-electron chi connectivity index (χ3n) is 4.65. The summed E-state index contributed by atoms with van der Waals surface area (Å²) in [5.74, 6) is -3.73. The van der Waals surface area contributed by atoms with E-state index in [1.165, 1.54) is 12.1 Å². The van der Waals surface area contributed by atoms with Crippen molar-refractivity contribution in [2.24, 2.45) is 5.92 Å². The molecule has 0 aromatic heterocycles. The van der Waals surface area contributed by atoms with Gasteiger partial charge in [0.25, 0.3) is 11.8 Å². The number of nitrogens with zero attached hydrogens (tertiary/aromatic N) is 2. The molecule has 1 aliphatic heterocycles. The molecule has 1 aliphatic rings. The predicted molar refractivity (Wildman–Crippen MR) is 116 cm³/mol. The van der Waals surface area contributed by atoms with Crippen LogP contribution in [0.1, 0.15) is 48.4 Å². The molecular formula is C22H29N3O8. The van der Waals surface area contributed by atoms with Crippen molar-refractivity contribution in [1.82, 2.24) is 15.1 Å². The van der Waals surface area contributed by atoms with E-state index in [4.69, 9.17) is 9.47 Å². The lowest BCUT2D eigenvalue weighted by atomic mass is 10.1. The molecular weight excluding hydrogens is 434 g/mol. The molecule has 1 heterocycles. The van der Waals surface area contributed by atoms with E-state index < -0.39 is 48.0 Å². The van der Waals surface area contributed by atoms with Gasteiger partial charge >= 0.3 is 18.2 Å². The topological polar surface area (TPSA) is 143 Å². The number of carbonyl (C=O) groups is 5. The van der Waals surface area contributed by atoms with Crippen LogP contribution in [0.3, 0.4) is 0 Å². The van der Waals surface area contributed by atoms with Crippen molar-refractivity contribution in [2.75, 3.05) is 32.8 Å². The standard InChI is InChI=1S/C22H29N3O8/c1-5-32-21(31)24(11-10-23-20(30)33-22(2,3)4)12-14(19(28)29)13-25-17(26)15-8-6-7-9-16(15)18(25)27/h6-9,14H,5,10-13H2,1-4H3,(H,23,30)(H,28,29). The van der Waals surface area contributed by atoms with Gasteiger partial charge in [-0.2, -0.15) is 0 Å². The van der Waals surface area contributed by atoms with Crippen LogP contribution in [-0.4, -0.2) is 83.3 Å². The summed E-state index contributed by atoms with van der Waals surface area (Å²) in [7, 11) is 0. The lowest BCUT2D eigenvalue weighted by Gasteiger charge is -2.27. The minimum Gasteiger partial charge on any atom is -0.481 e. The molecule has 180 valence electrons. The summed E-state index contributed by atoms with van der Waals surface area (Å²) in [6, 6.07) is 6.22. The number of carboxylic acids is 1. The van der Waals surface area contributed by atoms with Crippen LogP contribution < -0.4 is 5.32 Å². The highest BCUT2D eigenvalue weighted by molar-refractivity contribution is 6.21. The van der Waals surface area contributed by atoms with Crippen LogP contribution in [0.4, 0.5) is 9.59 Å². The van der Waals surface area contributed by atoms with Crippen LogP contribution in [-0.2, 0) is 14.3 Å². The molecule has 0 fully saturated rings. The Morgan fingerprint density at radius 1 is 1.12 bits per heavy atom. The number of amides is 4. The molecule has 1 aromatic rings. The summed E-state index contributed by atoms with van der Waals surface area (Å²) in [5.41, 5.74) is -0.294. The van der Waals surface area contributed by atoms with Crippen molar-refractivity contribution in [3.8, 4) is 0 Å². The number of fused-ring (bicyclic) bond motifs is 1. The zero-order valence-corrected chi connectivity index (χ0v) is 19.1. The Kier molecular flexibility index (Phi) is 8.38. The Labute approximate surface area is 191 Å². The molecule has 0 spiro atoms. The quantitative estimate of drug-likeness (QED) is 0.529. The molecule has 1 unspecified atom stereocenters. The zero-order chi connectivity index (χ0) is 24.8. The minimum absolute atomic E-state index is 0.0208. The number of rotatable bonds is 9. The summed E-state index contributed by atoms with van der Waals surface area (Å²) in [4.78, 5) is 63.3. The molecule has 11 heteroatoms. The third-order valence-corrected chi connectivity index (χ3v) is 4.65. The fourth-order valence-corrected chi connectivity index (χ4v) is 3.18. The maximum absolute atomic E-state index is 12.6. The molecule has 2 rings (SSSR count). The van der Waals surface area contributed by atoms with Gasteiger partial charge in [0.15, 0.2) is 0 Å². The Balaban J connectivity index is 2.08. The lowest BCUT2D eigenvalue weighted by Crippen LogP contribution is -2.47. The molecule has 0 bridgehead atoms. The van der Waals surface area contributed by atoms with Gasteiger partial charge in [0.2, 0.25) is 0 Å². The fourth-order valence-electron chi connectivity index (χ4n) is 3.18. The molecule has 0 radical (unpaired) electrons. The first-order chi connectivity index (χ1) is 15.4. The van der Waals surface area contributed by atoms with Gasteiger partial charge in [0.1, 0.15) is 5.60 Å². The number of alkyl carbamates (subject to hydrolysis) is 1. The van der Waals surface area contributed by atoms with Gasteiger partial charge in [-0.25, -0.2) is 9.59 Å². The van der Waals surface area contributed by atoms with Crippen molar-refractivity contribution in [3.05, 3.63) is 35.4 Å². The van der Waals surface area contributed by atoms with E-state index in [0.717, 1.165) is 9.80 Å². The highest BCUT2D eigenvalue weighted by atomic mass is 16.6.